The van der Waals surface area contributed by atoms with E-state index in [9.17, 15) is 4.79 Å². The Morgan fingerprint density at radius 3 is 2.57 bits per heavy atom. The maximum Gasteiger partial charge on any atom is 0.337 e. The number of halogens is 1. The highest BCUT2D eigenvalue weighted by Crippen LogP contribution is 2.21. The van der Waals surface area contributed by atoms with Crippen LogP contribution in [0.15, 0.2) is 39.4 Å². The standard InChI is InChI=1S/C16H18BrNO3/c1-11-13(6-7-21-11)9-18(2)10-14-5-4-12(8-15(14)17)16(19)20-3/h4-8H,9-10H2,1-3H3. The molecule has 0 aliphatic carbocycles. The highest BCUT2D eigenvalue weighted by Gasteiger charge is 2.11. The molecule has 0 N–H and O–H groups in total. The van der Waals surface area contributed by atoms with Gasteiger partial charge in [-0.15, -0.1) is 0 Å². The molecule has 0 saturated carbocycles. The van der Waals surface area contributed by atoms with Gasteiger partial charge in [0.1, 0.15) is 5.76 Å². The van der Waals surface area contributed by atoms with E-state index in [1.165, 1.54) is 12.7 Å². The van der Waals surface area contributed by atoms with E-state index >= 15 is 0 Å². The monoisotopic (exact) mass is 351 g/mol. The normalized spacial score (nSPS) is 10.9. The van der Waals surface area contributed by atoms with E-state index in [1.54, 1.807) is 18.4 Å². The Bertz CT molecular complexity index is 636. The van der Waals surface area contributed by atoms with Crippen LogP contribution in [-0.2, 0) is 17.8 Å². The van der Waals surface area contributed by atoms with Crippen LogP contribution >= 0.6 is 15.9 Å². The molecule has 0 bridgehead atoms. The van der Waals surface area contributed by atoms with Crippen molar-refractivity contribution in [2.45, 2.75) is 20.0 Å². The van der Waals surface area contributed by atoms with Crippen LogP contribution in [0.4, 0.5) is 0 Å². The molecule has 4 nitrogen and oxygen atoms in total. The number of ether oxygens (including phenoxy) is 1. The van der Waals surface area contributed by atoms with Gasteiger partial charge in [0, 0.05) is 23.1 Å². The highest BCUT2D eigenvalue weighted by molar-refractivity contribution is 9.10. The van der Waals surface area contributed by atoms with Crippen LogP contribution < -0.4 is 0 Å². The molecule has 0 amide bonds. The molecule has 21 heavy (non-hydrogen) atoms. The maximum atomic E-state index is 11.5. The van der Waals surface area contributed by atoms with Crippen molar-refractivity contribution >= 4 is 21.9 Å². The predicted molar refractivity (Wildman–Crippen MR) is 84.1 cm³/mol. The van der Waals surface area contributed by atoms with Crippen molar-refractivity contribution < 1.29 is 13.9 Å². The number of carbonyl (C=O) groups is 1. The summed E-state index contributed by atoms with van der Waals surface area (Å²) in [5, 5.41) is 0. The Morgan fingerprint density at radius 1 is 1.29 bits per heavy atom. The van der Waals surface area contributed by atoms with E-state index < -0.39 is 0 Å². The number of hydrogen-bond donors (Lipinski definition) is 0. The largest absolute Gasteiger partial charge is 0.469 e. The molecule has 1 heterocycles. The lowest BCUT2D eigenvalue weighted by atomic mass is 10.1. The van der Waals surface area contributed by atoms with Crippen LogP contribution in [0.25, 0.3) is 0 Å². The average Bonchev–Trinajstić information content (AvgIpc) is 2.85. The second-order valence-electron chi connectivity index (χ2n) is 4.97. The lowest BCUT2D eigenvalue weighted by Crippen LogP contribution is -2.17. The molecule has 2 aromatic rings. The van der Waals surface area contributed by atoms with Gasteiger partial charge in [-0.2, -0.15) is 0 Å². The summed E-state index contributed by atoms with van der Waals surface area (Å²) in [5.74, 6) is 0.617. The highest BCUT2D eigenvalue weighted by atomic mass is 79.9. The van der Waals surface area contributed by atoms with Gasteiger partial charge in [0.25, 0.3) is 0 Å². The second-order valence-corrected chi connectivity index (χ2v) is 5.83. The zero-order valence-corrected chi connectivity index (χ0v) is 13.9. The number of nitrogens with zero attached hydrogens (tertiary/aromatic N) is 1. The molecule has 112 valence electrons. The van der Waals surface area contributed by atoms with E-state index in [0.29, 0.717) is 5.56 Å². The van der Waals surface area contributed by atoms with Crippen molar-refractivity contribution in [2.24, 2.45) is 0 Å². The first-order chi connectivity index (χ1) is 10.0. The van der Waals surface area contributed by atoms with Crippen LogP contribution in [0.5, 0.6) is 0 Å². The summed E-state index contributed by atoms with van der Waals surface area (Å²) in [7, 11) is 3.43. The van der Waals surface area contributed by atoms with Crippen LogP contribution in [0.3, 0.4) is 0 Å². The lowest BCUT2D eigenvalue weighted by Gasteiger charge is -2.17. The minimum absolute atomic E-state index is 0.329. The van der Waals surface area contributed by atoms with Gasteiger partial charge in [0.15, 0.2) is 0 Å². The van der Waals surface area contributed by atoms with Gasteiger partial charge in [-0.25, -0.2) is 4.79 Å². The van der Waals surface area contributed by atoms with Crippen LogP contribution in [0, 0.1) is 6.92 Å². The lowest BCUT2D eigenvalue weighted by molar-refractivity contribution is 0.0600. The van der Waals surface area contributed by atoms with Crippen LogP contribution in [-0.4, -0.2) is 25.0 Å². The summed E-state index contributed by atoms with van der Waals surface area (Å²) < 4.78 is 10.9. The summed E-state index contributed by atoms with van der Waals surface area (Å²) in [6, 6.07) is 7.50. The van der Waals surface area contributed by atoms with Gasteiger partial charge >= 0.3 is 5.97 Å². The van der Waals surface area contributed by atoms with Gasteiger partial charge in [-0.1, -0.05) is 22.0 Å². The summed E-state index contributed by atoms with van der Waals surface area (Å²) >= 11 is 3.51. The topological polar surface area (TPSA) is 42.7 Å². The third-order valence-corrected chi connectivity index (χ3v) is 4.06. The number of aryl methyl sites for hydroxylation is 1. The van der Waals surface area contributed by atoms with Gasteiger partial charge in [0.2, 0.25) is 0 Å². The molecule has 0 aliphatic rings. The zero-order valence-electron chi connectivity index (χ0n) is 12.4. The molecule has 2 rings (SSSR count). The molecule has 0 unspecified atom stereocenters. The maximum absolute atomic E-state index is 11.5. The number of hydrogen-bond acceptors (Lipinski definition) is 4. The van der Waals surface area contributed by atoms with E-state index in [0.717, 1.165) is 28.9 Å². The summed E-state index contributed by atoms with van der Waals surface area (Å²) in [6.45, 7) is 3.55. The Labute approximate surface area is 132 Å². The molecule has 5 heteroatoms. The van der Waals surface area contributed by atoms with Crippen LogP contribution in [0.1, 0.15) is 27.2 Å². The van der Waals surface area contributed by atoms with Gasteiger partial charge in [-0.3, -0.25) is 4.90 Å². The fourth-order valence-electron chi connectivity index (χ4n) is 2.13. The first-order valence-corrected chi connectivity index (χ1v) is 7.39. The second kappa shape index (κ2) is 6.91. The molecule has 0 atom stereocenters. The van der Waals surface area contributed by atoms with Gasteiger partial charge in [0.05, 0.1) is 18.9 Å². The number of carbonyl (C=O) groups excluding carboxylic acids is 1. The van der Waals surface area contributed by atoms with E-state index in [1.807, 2.05) is 26.1 Å². The molecule has 0 radical (unpaired) electrons. The third kappa shape index (κ3) is 3.95. The number of esters is 1. The fourth-order valence-corrected chi connectivity index (χ4v) is 2.64. The van der Waals surface area contributed by atoms with Crippen molar-refractivity contribution in [2.75, 3.05) is 14.2 Å². The molecule has 0 aliphatic heterocycles. The quantitative estimate of drug-likeness (QED) is 0.769. The summed E-state index contributed by atoms with van der Waals surface area (Å²) in [6.07, 6.45) is 1.71. The number of benzene rings is 1. The third-order valence-electron chi connectivity index (χ3n) is 3.32. The number of methoxy groups -OCH3 is 1. The Kier molecular flexibility index (Phi) is 5.20. The van der Waals surface area contributed by atoms with E-state index in [2.05, 4.69) is 20.8 Å². The Balaban J connectivity index is 2.05. The molecule has 0 spiro atoms. The van der Waals surface area contributed by atoms with Crippen LogP contribution in [0.2, 0.25) is 0 Å². The molecule has 1 aromatic heterocycles. The van der Waals surface area contributed by atoms with E-state index in [4.69, 9.17) is 9.15 Å². The molecule has 0 saturated heterocycles. The molecule has 1 aromatic carbocycles. The zero-order chi connectivity index (χ0) is 15.4. The summed E-state index contributed by atoms with van der Waals surface area (Å²) in [4.78, 5) is 13.7. The predicted octanol–water partition coefficient (Wildman–Crippen LogP) is 3.77. The van der Waals surface area contributed by atoms with Crippen molar-refractivity contribution in [1.82, 2.24) is 4.90 Å². The minimum atomic E-state index is -0.329. The summed E-state index contributed by atoms with van der Waals surface area (Å²) in [5.41, 5.74) is 2.84. The van der Waals surface area contributed by atoms with Crippen molar-refractivity contribution in [3.63, 3.8) is 0 Å². The average molecular weight is 352 g/mol. The number of furan rings is 1. The van der Waals surface area contributed by atoms with Crippen molar-refractivity contribution in [1.29, 1.82) is 0 Å². The number of rotatable bonds is 5. The van der Waals surface area contributed by atoms with Crippen molar-refractivity contribution in [3.8, 4) is 0 Å². The minimum Gasteiger partial charge on any atom is -0.469 e. The molecule has 0 fully saturated rings. The smallest absolute Gasteiger partial charge is 0.337 e. The fraction of sp³-hybridized carbons (Fsp3) is 0.312. The first kappa shape index (κ1) is 15.8. The van der Waals surface area contributed by atoms with E-state index in [-0.39, 0.29) is 5.97 Å². The Hall–Kier alpha value is -1.59. The first-order valence-electron chi connectivity index (χ1n) is 6.59. The van der Waals surface area contributed by atoms with Crippen molar-refractivity contribution in [3.05, 3.63) is 57.5 Å². The van der Waals surface area contributed by atoms with Gasteiger partial charge < -0.3 is 9.15 Å². The molecular weight excluding hydrogens is 334 g/mol. The van der Waals surface area contributed by atoms with Gasteiger partial charge in [-0.05, 0) is 37.7 Å². The molecular formula is C16H18BrNO3. The Morgan fingerprint density at radius 2 is 2.00 bits per heavy atom. The SMILES string of the molecule is COC(=O)c1ccc(CN(C)Cc2ccoc2C)c(Br)c1.